The van der Waals surface area contributed by atoms with Gasteiger partial charge in [-0.25, -0.2) is 0 Å². The predicted octanol–water partition coefficient (Wildman–Crippen LogP) is 3.13. The van der Waals surface area contributed by atoms with E-state index >= 15 is 0 Å². The molecule has 2 unspecified atom stereocenters. The molecule has 1 heterocycles. The normalized spacial score (nSPS) is 14.6. The van der Waals surface area contributed by atoms with Crippen molar-refractivity contribution in [2.45, 2.75) is 31.8 Å². The Morgan fingerprint density at radius 3 is 2.82 bits per heavy atom. The summed E-state index contributed by atoms with van der Waals surface area (Å²) in [4.78, 5) is 3.43. The van der Waals surface area contributed by atoms with Gasteiger partial charge in [0.25, 0.3) is 0 Å². The number of rotatable bonds is 6. The standard InChI is InChI=1S/C12H18BrN3S/c1-3-10(15)12(16(2)6-4-5-14)11-7-9(13)8-17-11/h7-8,10,12H,3-4,6,15H2,1-2H3. The van der Waals surface area contributed by atoms with Gasteiger partial charge in [0, 0.05) is 33.7 Å². The van der Waals surface area contributed by atoms with Gasteiger partial charge in [-0.2, -0.15) is 5.26 Å². The quantitative estimate of drug-likeness (QED) is 0.877. The average Bonchev–Trinajstić information content (AvgIpc) is 2.73. The van der Waals surface area contributed by atoms with Gasteiger partial charge >= 0.3 is 0 Å². The van der Waals surface area contributed by atoms with Crippen molar-refractivity contribution in [2.75, 3.05) is 13.6 Å². The van der Waals surface area contributed by atoms with Crippen molar-refractivity contribution in [3.8, 4) is 6.07 Å². The third kappa shape index (κ3) is 4.07. The molecule has 0 spiro atoms. The van der Waals surface area contributed by atoms with Crippen LogP contribution in [0.3, 0.4) is 0 Å². The van der Waals surface area contributed by atoms with Crippen molar-refractivity contribution >= 4 is 27.3 Å². The average molecular weight is 316 g/mol. The van der Waals surface area contributed by atoms with Crippen molar-refractivity contribution in [3.63, 3.8) is 0 Å². The van der Waals surface area contributed by atoms with Gasteiger partial charge in [-0.05, 0) is 35.5 Å². The molecule has 0 aliphatic rings. The molecule has 0 bridgehead atoms. The van der Waals surface area contributed by atoms with E-state index in [1.807, 2.05) is 7.05 Å². The van der Waals surface area contributed by atoms with E-state index in [9.17, 15) is 0 Å². The van der Waals surface area contributed by atoms with Crippen LogP contribution in [0, 0.1) is 11.3 Å². The van der Waals surface area contributed by atoms with E-state index < -0.39 is 0 Å². The van der Waals surface area contributed by atoms with Gasteiger partial charge in [-0.15, -0.1) is 11.3 Å². The minimum Gasteiger partial charge on any atom is -0.326 e. The van der Waals surface area contributed by atoms with Crippen molar-refractivity contribution in [2.24, 2.45) is 5.73 Å². The zero-order valence-electron chi connectivity index (χ0n) is 10.2. The summed E-state index contributed by atoms with van der Waals surface area (Å²) in [5.74, 6) is 0. The van der Waals surface area contributed by atoms with Gasteiger partial charge in [-0.1, -0.05) is 6.92 Å². The van der Waals surface area contributed by atoms with E-state index in [0.717, 1.165) is 17.4 Å². The minimum atomic E-state index is 0.101. The molecule has 0 fully saturated rings. The highest BCUT2D eigenvalue weighted by Gasteiger charge is 2.24. The van der Waals surface area contributed by atoms with Crippen LogP contribution in [0.5, 0.6) is 0 Å². The molecule has 0 aliphatic carbocycles. The molecule has 17 heavy (non-hydrogen) atoms. The fourth-order valence-electron chi connectivity index (χ4n) is 1.83. The highest BCUT2D eigenvalue weighted by molar-refractivity contribution is 9.10. The second-order valence-electron chi connectivity index (χ2n) is 4.07. The van der Waals surface area contributed by atoms with E-state index in [-0.39, 0.29) is 12.1 Å². The van der Waals surface area contributed by atoms with E-state index in [2.05, 4.69) is 45.3 Å². The Morgan fingerprint density at radius 2 is 2.35 bits per heavy atom. The molecule has 0 saturated heterocycles. The van der Waals surface area contributed by atoms with Crippen LogP contribution < -0.4 is 5.73 Å². The molecule has 2 atom stereocenters. The predicted molar refractivity (Wildman–Crippen MR) is 75.9 cm³/mol. The SMILES string of the molecule is CCC(N)C(c1cc(Br)cs1)N(C)CCC#N. The minimum absolute atomic E-state index is 0.101. The molecule has 1 rings (SSSR count). The van der Waals surface area contributed by atoms with Gasteiger partial charge in [0.2, 0.25) is 0 Å². The Hall–Kier alpha value is -0.410. The molecule has 1 aromatic rings. The largest absolute Gasteiger partial charge is 0.326 e. The maximum atomic E-state index is 8.65. The van der Waals surface area contributed by atoms with Gasteiger partial charge in [0.05, 0.1) is 12.1 Å². The topological polar surface area (TPSA) is 53.0 Å². The lowest BCUT2D eigenvalue weighted by Crippen LogP contribution is -2.38. The number of hydrogen-bond acceptors (Lipinski definition) is 4. The molecule has 0 radical (unpaired) electrons. The number of likely N-dealkylation sites (N-methyl/N-ethyl adjacent to an activating group) is 1. The number of nitriles is 1. The second-order valence-corrected chi connectivity index (χ2v) is 5.93. The zero-order valence-corrected chi connectivity index (χ0v) is 12.6. The van der Waals surface area contributed by atoms with Crippen LogP contribution >= 0.6 is 27.3 Å². The molecule has 94 valence electrons. The monoisotopic (exact) mass is 315 g/mol. The summed E-state index contributed by atoms with van der Waals surface area (Å²) in [6.07, 6.45) is 1.47. The second kappa shape index (κ2) is 7.12. The molecule has 0 amide bonds. The lowest BCUT2D eigenvalue weighted by atomic mass is 10.0. The number of halogens is 1. The third-order valence-electron chi connectivity index (χ3n) is 2.81. The molecule has 0 aromatic carbocycles. The first-order chi connectivity index (χ1) is 8.10. The van der Waals surface area contributed by atoms with E-state index in [1.165, 1.54) is 4.88 Å². The van der Waals surface area contributed by atoms with E-state index in [0.29, 0.717) is 6.42 Å². The van der Waals surface area contributed by atoms with Crippen LogP contribution in [0.4, 0.5) is 0 Å². The summed E-state index contributed by atoms with van der Waals surface area (Å²) in [5, 5.41) is 10.7. The van der Waals surface area contributed by atoms with Crippen molar-refractivity contribution < 1.29 is 0 Å². The number of thiophene rings is 1. The molecular weight excluding hydrogens is 298 g/mol. The molecular formula is C12H18BrN3S. The summed E-state index contributed by atoms with van der Waals surface area (Å²) < 4.78 is 1.10. The lowest BCUT2D eigenvalue weighted by molar-refractivity contribution is 0.217. The first-order valence-corrected chi connectivity index (χ1v) is 7.34. The summed E-state index contributed by atoms with van der Waals surface area (Å²) in [6.45, 7) is 2.85. The fraction of sp³-hybridized carbons (Fsp3) is 0.583. The van der Waals surface area contributed by atoms with Crippen molar-refractivity contribution in [3.05, 3.63) is 20.8 Å². The zero-order chi connectivity index (χ0) is 12.8. The molecule has 0 aliphatic heterocycles. The Morgan fingerprint density at radius 1 is 1.65 bits per heavy atom. The maximum absolute atomic E-state index is 8.65. The van der Waals surface area contributed by atoms with E-state index in [4.69, 9.17) is 11.0 Å². The molecule has 3 nitrogen and oxygen atoms in total. The van der Waals surface area contributed by atoms with Crippen LogP contribution in [0.15, 0.2) is 15.9 Å². The van der Waals surface area contributed by atoms with Crippen LogP contribution in [-0.4, -0.2) is 24.5 Å². The Bertz CT molecular complexity index is 385. The summed E-state index contributed by atoms with van der Waals surface area (Å²) in [6, 6.07) is 4.60. The fourth-order valence-corrected chi connectivity index (χ4v) is 3.51. The summed E-state index contributed by atoms with van der Waals surface area (Å²) in [7, 11) is 2.03. The van der Waals surface area contributed by atoms with Crippen LogP contribution in [0.25, 0.3) is 0 Å². The highest BCUT2D eigenvalue weighted by Crippen LogP contribution is 2.31. The summed E-state index contributed by atoms with van der Waals surface area (Å²) >= 11 is 5.18. The van der Waals surface area contributed by atoms with Crippen molar-refractivity contribution in [1.82, 2.24) is 4.90 Å². The lowest BCUT2D eigenvalue weighted by Gasteiger charge is -2.31. The van der Waals surface area contributed by atoms with Crippen LogP contribution in [0.2, 0.25) is 0 Å². The van der Waals surface area contributed by atoms with Crippen LogP contribution in [0.1, 0.15) is 30.7 Å². The van der Waals surface area contributed by atoms with Gasteiger partial charge in [0.15, 0.2) is 0 Å². The number of hydrogen-bond donors (Lipinski definition) is 1. The summed E-state index contributed by atoms with van der Waals surface area (Å²) in [5.41, 5.74) is 6.20. The highest BCUT2D eigenvalue weighted by atomic mass is 79.9. The van der Waals surface area contributed by atoms with Crippen LogP contribution in [-0.2, 0) is 0 Å². The number of nitrogens with two attached hydrogens (primary N) is 1. The van der Waals surface area contributed by atoms with E-state index in [1.54, 1.807) is 11.3 Å². The number of nitrogens with zero attached hydrogens (tertiary/aromatic N) is 2. The Kier molecular flexibility index (Phi) is 6.14. The smallest absolute Gasteiger partial charge is 0.0635 e. The molecule has 2 N–H and O–H groups in total. The first-order valence-electron chi connectivity index (χ1n) is 5.66. The first kappa shape index (κ1) is 14.7. The molecule has 1 aromatic heterocycles. The Labute approximate surface area is 115 Å². The van der Waals surface area contributed by atoms with Crippen molar-refractivity contribution in [1.29, 1.82) is 5.26 Å². The van der Waals surface area contributed by atoms with Gasteiger partial charge in [0.1, 0.15) is 0 Å². The maximum Gasteiger partial charge on any atom is 0.0635 e. The third-order valence-corrected chi connectivity index (χ3v) is 4.57. The molecule has 5 heteroatoms. The van der Waals surface area contributed by atoms with Gasteiger partial charge < -0.3 is 5.73 Å². The van der Waals surface area contributed by atoms with Gasteiger partial charge in [-0.3, -0.25) is 4.90 Å². The molecule has 0 saturated carbocycles. The Balaban J connectivity index is 2.84.